The van der Waals surface area contributed by atoms with Gasteiger partial charge in [0.05, 0.1) is 17.1 Å². The van der Waals surface area contributed by atoms with Gasteiger partial charge < -0.3 is 15.4 Å². The van der Waals surface area contributed by atoms with Gasteiger partial charge in [-0.2, -0.15) is 0 Å². The number of fused-ring (bicyclic) bond motifs is 4. The van der Waals surface area contributed by atoms with Gasteiger partial charge in [-0.15, -0.1) is 0 Å². The zero-order valence-corrected chi connectivity index (χ0v) is 19.8. The lowest BCUT2D eigenvalue weighted by Crippen LogP contribution is -2.51. The SMILES string of the molecule is Cc1ccc(-c2cc(N[C@H]3C4CCC(CC4)[C@@H]3C(=O)O)nc(-c3c[nH]c4c(F)cc(F)cc34)n2)cc1. The first kappa shape index (κ1) is 22.6. The standard InChI is InChI=1S/C28H26F2N4O2/c1-14-2-4-15(5-3-14)22-12-23(33-25-17-8-6-16(7-9-17)24(25)28(35)36)34-27(32-22)20-13-31-26-19(20)10-18(29)11-21(26)30/h2-5,10-13,16-17,24-25,31H,6-9H2,1H3,(H,35,36)(H,32,33,34)/t16?,17?,24-,25-/m0/s1. The summed E-state index contributed by atoms with van der Waals surface area (Å²) in [6.45, 7) is 2.00. The third kappa shape index (κ3) is 3.90. The molecule has 2 bridgehead atoms. The zero-order valence-electron chi connectivity index (χ0n) is 19.8. The summed E-state index contributed by atoms with van der Waals surface area (Å²) in [6, 6.07) is 11.6. The largest absolute Gasteiger partial charge is 0.481 e. The summed E-state index contributed by atoms with van der Waals surface area (Å²) in [6.07, 6.45) is 5.45. The van der Waals surface area contributed by atoms with E-state index in [-0.39, 0.29) is 23.4 Å². The zero-order chi connectivity index (χ0) is 25.0. The van der Waals surface area contributed by atoms with E-state index in [4.69, 9.17) is 9.97 Å². The van der Waals surface area contributed by atoms with Gasteiger partial charge in [0, 0.05) is 40.9 Å². The molecule has 0 amide bonds. The highest BCUT2D eigenvalue weighted by atomic mass is 19.1. The van der Waals surface area contributed by atoms with E-state index < -0.39 is 23.5 Å². The Morgan fingerprint density at radius 3 is 2.47 bits per heavy atom. The molecule has 3 N–H and O–H groups in total. The number of H-pyrrole nitrogens is 1. The van der Waals surface area contributed by atoms with Gasteiger partial charge in [-0.1, -0.05) is 29.8 Å². The number of hydrogen-bond acceptors (Lipinski definition) is 4. The number of aliphatic carboxylic acids is 1. The van der Waals surface area contributed by atoms with E-state index in [1.165, 1.54) is 6.07 Å². The fourth-order valence-corrected chi connectivity index (χ4v) is 6.04. The summed E-state index contributed by atoms with van der Waals surface area (Å²) in [4.78, 5) is 24.5. The van der Waals surface area contributed by atoms with E-state index >= 15 is 0 Å². The van der Waals surface area contributed by atoms with Crippen LogP contribution in [0.25, 0.3) is 33.5 Å². The molecule has 36 heavy (non-hydrogen) atoms. The van der Waals surface area contributed by atoms with E-state index in [1.54, 1.807) is 6.20 Å². The number of benzene rings is 2. The fourth-order valence-electron chi connectivity index (χ4n) is 6.04. The Balaban J connectivity index is 1.47. The molecule has 0 spiro atoms. The first-order valence-electron chi connectivity index (χ1n) is 12.3. The molecule has 8 heteroatoms. The molecule has 0 saturated heterocycles. The van der Waals surface area contributed by atoms with Crippen molar-refractivity contribution >= 4 is 22.7 Å². The number of aromatic amines is 1. The molecule has 0 unspecified atom stereocenters. The molecule has 2 aromatic carbocycles. The maximum atomic E-state index is 14.4. The van der Waals surface area contributed by atoms with Crippen LogP contribution in [-0.2, 0) is 4.79 Å². The number of halogens is 2. The number of aromatic nitrogens is 3. The van der Waals surface area contributed by atoms with E-state index in [0.717, 1.165) is 42.9 Å². The second-order valence-corrected chi connectivity index (χ2v) is 10.0. The Morgan fingerprint density at radius 2 is 1.75 bits per heavy atom. The summed E-state index contributed by atoms with van der Waals surface area (Å²) in [5.74, 6) is -1.41. The second kappa shape index (κ2) is 8.69. The third-order valence-corrected chi connectivity index (χ3v) is 7.84. The van der Waals surface area contributed by atoms with E-state index in [9.17, 15) is 18.7 Å². The van der Waals surface area contributed by atoms with Crippen LogP contribution in [0.15, 0.2) is 48.7 Å². The minimum Gasteiger partial charge on any atom is -0.481 e. The van der Waals surface area contributed by atoms with Crippen molar-refractivity contribution in [3.8, 4) is 22.6 Å². The van der Waals surface area contributed by atoms with Crippen LogP contribution in [0.4, 0.5) is 14.6 Å². The second-order valence-electron chi connectivity index (χ2n) is 10.0. The van der Waals surface area contributed by atoms with Crippen molar-refractivity contribution in [2.24, 2.45) is 17.8 Å². The summed E-state index contributed by atoms with van der Waals surface area (Å²) < 4.78 is 28.5. The summed E-state index contributed by atoms with van der Waals surface area (Å²) in [5.41, 5.74) is 3.27. The number of nitrogens with one attached hydrogen (secondary N) is 2. The number of anilines is 1. The van der Waals surface area contributed by atoms with Crippen molar-refractivity contribution < 1.29 is 18.7 Å². The average Bonchev–Trinajstić information content (AvgIpc) is 3.29. The van der Waals surface area contributed by atoms with Gasteiger partial charge in [0.15, 0.2) is 5.82 Å². The number of carboxylic acid groups (broad SMARTS) is 1. The number of carbonyl (C=O) groups is 1. The first-order valence-corrected chi connectivity index (χ1v) is 12.3. The molecule has 184 valence electrons. The minimum atomic E-state index is -0.780. The van der Waals surface area contributed by atoms with Crippen molar-refractivity contribution in [2.75, 3.05) is 5.32 Å². The molecule has 3 aliphatic rings. The van der Waals surface area contributed by atoms with Crippen LogP contribution in [0.3, 0.4) is 0 Å². The fraction of sp³-hybridized carbons (Fsp3) is 0.321. The summed E-state index contributed by atoms with van der Waals surface area (Å²) >= 11 is 0. The molecule has 3 saturated carbocycles. The Hall–Kier alpha value is -3.81. The van der Waals surface area contributed by atoms with Crippen molar-refractivity contribution in [3.05, 3.63) is 65.9 Å². The highest BCUT2D eigenvalue weighted by molar-refractivity contribution is 5.94. The predicted octanol–water partition coefficient (Wildman–Crippen LogP) is 6.18. The lowest BCUT2D eigenvalue weighted by molar-refractivity contribution is -0.148. The molecular weight excluding hydrogens is 462 g/mol. The van der Waals surface area contributed by atoms with E-state index in [1.807, 2.05) is 37.3 Å². The van der Waals surface area contributed by atoms with Gasteiger partial charge in [-0.05, 0) is 50.5 Å². The smallest absolute Gasteiger partial charge is 0.308 e. The molecule has 2 heterocycles. The van der Waals surface area contributed by atoms with Crippen LogP contribution in [0.1, 0.15) is 31.2 Å². The Kier molecular flexibility index (Phi) is 5.47. The lowest BCUT2D eigenvalue weighted by atomic mass is 9.61. The predicted molar refractivity (Wildman–Crippen MR) is 133 cm³/mol. The molecular formula is C28H26F2N4O2. The van der Waals surface area contributed by atoms with Crippen LogP contribution in [0.2, 0.25) is 0 Å². The van der Waals surface area contributed by atoms with Crippen LogP contribution >= 0.6 is 0 Å². The first-order chi connectivity index (χ1) is 17.4. The Bertz CT molecular complexity index is 1460. The van der Waals surface area contributed by atoms with E-state index in [0.29, 0.717) is 28.3 Å². The Labute approximate surface area is 206 Å². The number of nitrogens with zero attached hydrogens (tertiary/aromatic N) is 2. The quantitative estimate of drug-likeness (QED) is 0.312. The number of aryl methyl sites for hydroxylation is 1. The topological polar surface area (TPSA) is 90.9 Å². The van der Waals surface area contributed by atoms with Crippen molar-refractivity contribution in [1.29, 1.82) is 0 Å². The molecule has 2 atom stereocenters. The van der Waals surface area contributed by atoms with Crippen molar-refractivity contribution in [2.45, 2.75) is 38.6 Å². The molecule has 6 nitrogen and oxygen atoms in total. The van der Waals surface area contributed by atoms with Crippen LogP contribution in [-0.4, -0.2) is 32.1 Å². The average molecular weight is 489 g/mol. The third-order valence-electron chi connectivity index (χ3n) is 7.84. The minimum absolute atomic E-state index is 0.155. The monoisotopic (exact) mass is 488 g/mol. The van der Waals surface area contributed by atoms with Gasteiger partial charge in [-0.25, -0.2) is 18.7 Å². The van der Waals surface area contributed by atoms with Gasteiger partial charge >= 0.3 is 5.97 Å². The van der Waals surface area contributed by atoms with Gasteiger partial charge in [-0.3, -0.25) is 4.79 Å². The number of hydrogen-bond donors (Lipinski definition) is 3. The maximum absolute atomic E-state index is 14.4. The molecule has 2 aromatic heterocycles. The highest BCUT2D eigenvalue weighted by Crippen LogP contribution is 2.46. The Morgan fingerprint density at radius 1 is 1.03 bits per heavy atom. The van der Waals surface area contributed by atoms with Crippen molar-refractivity contribution in [1.82, 2.24) is 15.0 Å². The highest BCUT2D eigenvalue weighted by Gasteiger charge is 2.47. The van der Waals surface area contributed by atoms with Crippen LogP contribution in [0.5, 0.6) is 0 Å². The molecule has 3 aliphatic carbocycles. The lowest BCUT2D eigenvalue weighted by Gasteiger charge is -2.47. The normalized spacial score (nSPS) is 23.2. The summed E-state index contributed by atoms with van der Waals surface area (Å²) in [7, 11) is 0. The molecule has 3 fully saturated rings. The van der Waals surface area contributed by atoms with Crippen molar-refractivity contribution in [3.63, 3.8) is 0 Å². The number of carboxylic acids is 1. The number of rotatable bonds is 5. The van der Waals surface area contributed by atoms with Crippen LogP contribution < -0.4 is 5.32 Å². The maximum Gasteiger partial charge on any atom is 0.308 e. The van der Waals surface area contributed by atoms with Crippen LogP contribution in [0, 0.1) is 36.3 Å². The molecule has 7 rings (SSSR count). The van der Waals surface area contributed by atoms with Gasteiger partial charge in [0.2, 0.25) is 0 Å². The van der Waals surface area contributed by atoms with Gasteiger partial charge in [0.25, 0.3) is 0 Å². The molecule has 4 aromatic rings. The van der Waals surface area contributed by atoms with E-state index in [2.05, 4.69) is 10.3 Å². The molecule has 0 radical (unpaired) electrons. The summed E-state index contributed by atoms with van der Waals surface area (Å²) in [5, 5.41) is 13.8. The molecule has 0 aliphatic heterocycles. The van der Waals surface area contributed by atoms with Gasteiger partial charge in [0.1, 0.15) is 17.5 Å².